The van der Waals surface area contributed by atoms with E-state index in [0.29, 0.717) is 6.04 Å². The van der Waals surface area contributed by atoms with Gasteiger partial charge in [0, 0.05) is 17.0 Å². The average Bonchev–Trinajstić information content (AvgIpc) is 2.76. The van der Waals surface area contributed by atoms with Crippen LogP contribution in [0.5, 0.6) is 0 Å². The molecule has 0 aromatic carbocycles. The fourth-order valence-electron chi connectivity index (χ4n) is 3.14. The molecule has 3 unspecified atom stereocenters. The number of hydrogen-bond donors (Lipinski definition) is 1. The molecule has 1 heterocycles. The molecule has 0 radical (unpaired) electrons. The Labute approximate surface area is 110 Å². The van der Waals surface area contributed by atoms with Crippen LogP contribution in [0.2, 0.25) is 0 Å². The van der Waals surface area contributed by atoms with E-state index >= 15 is 0 Å². The van der Waals surface area contributed by atoms with E-state index in [-0.39, 0.29) is 0 Å². The van der Waals surface area contributed by atoms with E-state index in [0.717, 1.165) is 12.0 Å². The van der Waals surface area contributed by atoms with E-state index in [1.165, 1.54) is 42.5 Å². The minimum Gasteiger partial charge on any atom is -0.306 e. The van der Waals surface area contributed by atoms with Gasteiger partial charge in [-0.2, -0.15) is 0 Å². The highest BCUT2D eigenvalue weighted by Crippen LogP contribution is 2.30. The van der Waals surface area contributed by atoms with Crippen molar-refractivity contribution in [1.29, 1.82) is 0 Å². The van der Waals surface area contributed by atoms with Gasteiger partial charge < -0.3 is 5.32 Å². The monoisotopic (exact) mass is 251 g/mol. The third kappa shape index (κ3) is 3.11. The molecule has 1 saturated carbocycles. The van der Waals surface area contributed by atoms with Crippen molar-refractivity contribution in [3.8, 4) is 0 Å². The Balaban J connectivity index is 1.97. The van der Waals surface area contributed by atoms with Gasteiger partial charge in [-0.05, 0) is 49.6 Å². The molecule has 96 valence electrons. The zero-order valence-electron chi connectivity index (χ0n) is 11.3. The maximum absolute atomic E-state index is 3.87. The topological polar surface area (TPSA) is 12.0 Å². The van der Waals surface area contributed by atoms with Gasteiger partial charge in [0.1, 0.15) is 0 Å². The van der Waals surface area contributed by atoms with Crippen LogP contribution in [0.4, 0.5) is 0 Å². The fraction of sp³-hybridized carbons (Fsp3) is 0.733. The van der Waals surface area contributed by atoms with Crippen molar-refractivity contribution in [2.45, 2.75) is 65.0 Å². The normalized spacial score (nSPS) is 27.0. The number of aryl methyl sites for hydroxylation is 1. The molecule has 1 aliphatic carbocycles. The van der Waals surface area contributed by atoms with Crippen LogP contribution in [0, 0.1) is 12.8 Å². The van der Waals surface area contributed by atoms with Gasteiger partial charge >= 0.3 is 0 Å². The summed E-state index contributed by atoms with van der Waals surface area (Å²) in [6, 6.07) is 3.49. The molecule has 3 atom stereocenters. The summed E-state index contributed by atoms with van der Waals surface area (Å²) in [6.45, 7) is 6.88. The van der Waals surface area contributed by atoms with Crippen molar-refractivity contribution in [3.63, 3.8) is 0 Å². The van der Waals surface area contributed by atoms with Crippen LogP contribution < -0.4 is 5.32 Å². The van der Waals surface area contributed by atoms with Crippen molar-refractivity contribution in [2.75, 3.05) is 0 Å². The molecule has 2 heteroatoms. The summed E-state index contributed by atoms with van der Waals surface area (Å²) in [5, 5.41) is 6.08. The van der Waals surface area contributed by atoms with Gasteiger partial charge in [-0.15, -0.1) is 11.3 Å². The van der Waals surface area contributed by atoms with Gasteiger partial charge in [0.25, 0.3) is 0 Å². The first-order chi connectivity index (χ1) is 8.22. The molecule has 1 N–H and O–H groups in total. The Kier molecular flexibility index (Phi) is 4.63. The number of rotatable bonds is 4. The maximum atomic E-state index is 3.87. The summed E-state index contributed by atoms with van der Waals surface area (Å²) in [4.78, 5) is 1.52. The zero-order chi connectivity index (χ0) is 12.3. The van der Waals surface area contributed by atoms with Crippen LogP contribution in [-0.4, -0.2) is 6.04 Å². The highest BCUT2D eigenvalue weighted by molar-refractivity contribution is 7.10. The lowest BCUT2D eigenvalue weighted by Gasteiger charge is -2.34. The molecule has 0 aliphatic heterocycles. The second kappa shape index (κ2) is 6.01. The van der Waals surface area contributed by atoms with Crippen molar-refractivity contribution in [3.05, 3.63) is 21.9 Å². The summed E-state index contributed by atoms with van der Waals surface area (Å²) in [6.07, 6.45) is 6.96. The van der Waals surface area contributed by atoms with E-state index in [4.69, 9.17) is 0 Å². The first kappa shape index (κ1) is 13.1. The first-order valence-electron chi connectivity index (χ1n) is 7.02. The third-order valence-electron chi connectivity index (χ3n) is 4.19. The molecule has 1 fully saturated rings. The predicted molar refractivity (Wildman–Crippen MR) is 76.6 cm³/mol. The first-order valence-corrected chi connectivity index (χ1v) is 7.90. The highest BCUT2D eigenvalue weighted by atomic mass is 32.1. The van der Waals surface area contributed by atoms with Gasteiger partial charge in [0.05, 0.1) is 0 Å². The second-order valence-electron chi connectivity index (χ2n) is 5.42. The van der Waals surface area contributed by atoms with Crippen molar-refractivity contribution in [1.82, 2.24) is 5.32 Å². The molecule has 1 nitrogen and oxygen atoms in total. The minimum atomic E-state index is 0.521. The van der Waals surface area contributed by atoms with Gasteiger partial charge in [-0.25, -0.2) is 0 Å². The van der Waals surface area contributed by atoms with Crippen molar-refractivity contribution >= 4 is 11.3 Å². The lowest BCUT2D eigenvalue weighted by molar-refractivity contribution is 0.241. The Morgan fingerprint density at radius 3 is 2.82 bits per heavy atom. The summed E-state index contributed by atoms with van der Waals surface area (Å²) in [7, 11) is 0. The maximum Gasteiger partial charge on any atom is 0.0391 e. The van der Waals surface area contributed by atoms with Crippen LogP contribution >= 0.6 is 11.3 Å². The molecule has 17 heavy (non-hydrogen) atoms. The van der Waals surface area contributed by atoms with E-state index < -0.39 is 0 Å². The van der Waals surface area contributed by atoms with Crippen molar-refractivity contribution < 1.29 is 0 Å². The van der Waals surface area contributed by atoms with Gasteiger partial charge in [0.15, 0.2) is 0 Å². The van der Waals surface area contributed by atoms with Crippen LogP contribution in [0.15, 0.2) is 11.4 Å². The number of hydrogen-bond acceptors (Lipinski definition) is 2. The lowest BCUT2D eigenvalue weighted by Crippen LogP contribution is -2.39. The summed E-state index contributed by atoms with van der Waals surface area (Å²) in [5.74, 6) is 0.895. The molecule has 1 aromatic heterocycles. The molecular formula is C15H25NS. The van der Waals surface area contributed by atoms with Gasteiger partial charge in [-0.1, -0.05) is 26.2 Å². The molecule has 0 saturated heterocycles. The van der Waals surface area contributed by atoms with Crippen molar-refractivity contribution in [2.24, 2.45) is 5.92 Å². The van der Waals surface area contributed by atoms with Gasteiger partial charge in [0.2, 0.25) is 0 Å². The highest BCUT2D eigenvalue weighted by Gasteiger charge is 2.25. The van der Waals surface area contributed by atoms with Gasteiger partial charge in [-0.3, -0.25) is 0 Å². The summed E-state index contributed by atoms with van der Waals surface area (Å²) < 4.78 is 0. The Hall–Kier alpha value is -0.340. The molecule has 0 spiro atoms. The fourth-order valence-corrected chi connectivity index (χ4v) is 4.09. The second-order valence-corrected chi connectivity index (χ2v) is 6.36. The van der Waals surface area contributed by atoms with E-state index in [1.54, 1.807) is 0 Å². The van der Waals surface area contributed by atoms with E-state index in [9.17, 15) is 0 Å². The third-order valence-corrected chi connectivity index (χ3v) is 5.39. The average molecular weight is 251 g/mol. The number of nitrogens with one attached hydrogen (secondary N) is 1. The van der Waals surface area contributed by atoms with E-state index in [2.05, 4.69) is 37.5 Å². The summed E-state index contributed by atoms with van der Waals surface area (Å²) in [5.41, 5.74) is 1.44. The lowest BCUT2D eigenvalue weighted by atomic mass is 9.82. The van der Waals surface area contributed by atoms with Crippen LogP contribution in [0.25, 0.3) is 0 Å². The molecule has 1 aromatic rings. The standard InChI is InChI=1S/C15H25NS/c1-4-13-7-5-6-8-14(13)16-12(3)15-11(2)9-10-17-15/h9-10,12-14,16H,4-8H2,1-3H3. The number of thiophene rings is 1. The summed E-state index contributed by atoms with van der Waals surface area (Å²) >= 11 is 1.89. The van der Waals surface area contributed by atoms with Crippen LogP contribution in [0.3, 0.4) is 0 Å². The van der Waals surface area contributed by atoms with Crippen LogP contribution in [0.1, 0.15) is 62.4 Å². The Morgan fingerprint density at radius 1 is 1.41 bits per heavy atom. The minimum absolute atomic E-state index is 0.521. The molecule has 1 aliphatic rings. The molecule has 0 bridgehead atoms. The van der Waals surface area contributed by atoms with Crippen LogP contribution in [-0.2, 0) is 0 Å². The quantitative estimate of drug-likeness (QED) is 0.819. The zero-order valence-corrected chi connectivity index (χ0v) is 12.1. The predicted octanol–water partition coefficient (Wildman–Crippen LogP) is 4.68. The molecule has 0 amide bonds. The largest absolute Gasteiger partial charge is 0.306 e. The smallest absolute Gasteiger partial charge is 0.0391 e. The Bertz CT molecular complexity index is 344. The Morgan fingerprint density at radius 2 is 2.18 bits per heavy atom. The molecular weight excluding hydrogens is 226 g/mol. The molecule has 2 rings (SSSR count). The van der Waals surface area contributed by atoms with E-state index in [1.807, 2.05) is 11.3 Å². The SMILES string of the molecule is CCC1CCCCC1NC(C)c1sccc1C.